The van der Waals surface area contributed by atoms with Gasteiger partial charge in [0, 0.05) is 5.69 Å². The molecule has 0 radical (unpaired) electrons. The van der Waals surface area contributed by atoms with E-state index in [1.54, 1.807) is 24.3 Å². The lowest BCUT2D eigenvalue weighted by Crippen LogP contribution is -2.06. The molecule has 0 amide bonds. The summed E-state index contributed by atoms with van der Waals surface area (Å²) in [6.07, 6.45) is 6.28. The van der Waals surface area contributed by atoms with E-state index in [0.29, 0.717) is 17.2 Å². The Morgan fingerprint density at radius 2 is 1.91 bits per heavy atom. The molecule has 0 spiro atoms. The van der Waals surface area contributed by atoms with E-state index < -0.39 is 11.7 Å². The minimum atomic E-state index is -4.50. The molecule has 1 aromatic heterocycles. The average molecular weight is 488 g/mol. The van der Waals surface area contributed by atoms with E-state index in [0.717, 1.165) is 30.5 Å². The highest BCUT2D eigenvalue weighted by atomic mass is 35.5. The Balaban J connectivity index is 1.23. The highest BCUT2D eigenvalue weighted by molar-refractivity contribution is 6.35. The lowest BCUT2D eigenvalue weighted by Gasteiger charge is -2.18. The second-order valence-electron chi connectivity index (χ2n) is 7.50. The number of rotatable bonds is 5. The fourth-order valence-electron chi connectivity index (χ4n) is 3.44. The van der Waals surface area contributed by atoms with Crippen molar-refractivity contribution in [3.05, 3.63) is 95.0 Å². The maximum absolute atomic E-state index is 13.0. The molecule has 34 heavy (non-hydrogen) atoms. The number of nitrogens with one attached hydrogen (secondary N) is 2. The summed E-state index contributed by atoms with van der Waals surface area (Å²) in [6, 6.07) is 8.65. The summed E-state index contributed by atoms with van der Waals surface area (Å²) in [5, 5.41) is 2.91. The number of halogens is 4. The molecule has 0 saturated heterocycles. The van der Waals surface area contributed by atoms with Crippen LogP contribution in [0.25, 0.3) is 11.0 Å². The second-order valence-corrected chi connectivity index (χ2v) is 7.91. The van der Waals surface area contributed by atoms with Gasteiger partial charge in [-0.1, -0.05) is 29.8 Å². The Morgan fingerprint density at radius 1 is 1.09 bits per heavy atom. The van der Waals surface area contributed by atoms with E-state index in [-0.39, 0.29) is 27.9 Å². The molecule has 0 saturated carbocycles. The van der Waals surface area contributed by atoms with Crippen LogP contribution in [0.15, 0.2) is 84.4 Å². The minimum absolute atomic E-state index is 0.0886. The first-order valence-corrected chi connectivity index (χ1v) is 10.6. The number of allylic oxidation sites excluding steroid dienone is 4. The molecule has 2 aliphatic rings. The third kappa shape index (κ3) is 4.74. The largest absolute Gasteiger partial charge is 0.454 e. The first kappa shape index (κ1) is 22.0. The number of fused-ring (bicyclic) bond motifs is 1. The molecule has 1 aliphatic carbocycles. The Hall–Kier alpha value is -3.85. The zero-order valence-corrected chi connectivity index (χ0v) is 18.2. The third-order valence-corrected chi connectivity index (χ3v) is 5.39. The topological polar surface area (TPSA) is 68.4 Å². The third-order valence-electron chi connectivity index (χ3n) is 5.10. The van der Waals surface area contributed by atoms with Crippen LogP contribution < -0.4 is 10.1 Å². The van der Waals surface area contributed by atoms with Crippen molar-refractivity contribution >= 4 is 34.3 Å². The highest BCUT2D eigenvalue weighted by Gasteiger charge is 2.31. The van der Waals surface area contributed by atoms with Crippen LogP contribution in [0, 0.1) is 0 Å². The predicted octanol–water partition coefficient (Wildman–Crippen LogP) is 7.32. The smallest absolute Gasteiger partial charge is 0.416 e. The van der Waals surface area contributed by atoms with Gasteiger partial charge in [-0.15, -0.1) is 0 Å². The van der Waals surface area contributed by atoms with E-state index in [9.17, 15) is 13.2 Å². The Morgan fingerprint density at radius 3 is 2.59 bits per heavy atom. The number of hydrogen-bond donors (Lipinski definition) is 2. The van der Waals surface area contributed by atoms with Crippen molar-refractivity contribution in [1.82, 2.24) is 9.97 Å². The molecule has 2 aromatic carbocycles. The van der Waals surface area contributed by atoms with Gasteiger partial charge in [-0.25, -0.2) is 4.98 Å². The van der Waals surface area contributed by atoms with Crippen molar-refractivity contribution in [2.24, 2.45) is 0 Å². The average Bonchev–Trinajstić information content (AvgIpc) is 3.24. The SMILES string of the molecule is FC(F)(F)c1cc(Cl)c2nc(Nc3ccc(OC4=COC(C5=CC=CCC5)=CO4)cc3)[nH]c2c1. The number of anilines is 2. The van der Waals surface area contributed by atoms with E-state index in [2.05, 4.69) is 21.4 Å². The number of alkyl halides is 3. The van der Waals surface area contributed by atoms with Gasteiger partial charge in [-0.05, 0) is 54.8 Å². The molecule has 1 aliphatic heterocycles. The van der Waals surface area contributed by atoms with Gasteiger partial charge in [0.1, 0.15) is 17.5 Å². The van der Waals surface area contributed by atoms with Crippen LogP contribution in [0.4, 0.5) is 24.8 Å². The van der Waals surface area contributed by atoms with Crippen molar-refractivity contribution in [1.29, 1.82) is 0 Å². The number of aromatic amines is 1. The van der Waals surface area contributed by atoms with E-state index in [4.69, 9.17) is 25.8 Å². The fraction of sp³-hybridized carbons (Fsp3) is 0.125. The molecule has 10 heteroatoms. The number of aromatic nitrogens is 2. The van der Waals surface area contributed by atoms with Gasteiger partial charge in [-0.3, -0.25) is 0 Å². The Bertz CT molecular complexity index is 1360. The molecular weight excluding hydrogens is 471 g/mol. The van der Waals surface area contributed by atoms with Crippen LogP contribution in [0.3, 0.4) is 0 Å². The number of benzene rings is 2. The highest BCUT2D eigenvalue weighted by Crippen LogP contribution is 2.35. The van der Waals surface area contributed by atoms with Crippen LogP contribution in [-0.2, 0) is 15.7 Å². The fourth-order valence-corrected chi connectivity index (χ4v) is 3.71. The molecule has 5 rings (SSSR count). The molecule has 2 heterocycles. The Kier molecular flexibility index (Phi) is 5.70. The lowest BCUT2D eigenvalue weighted by atomic mass is 10.0. The molecule has 3 aromatic rings. The van der Waals surface area contributed by atoms with Crippen molar-refractivity contribution in [3.63, 3.8) is 0 Å². The van der Waals surface area contributed by atoms with Crippen molar-refractivity contribution in [2.75, 3.05) is 5.32 Å². The monoisotopic (exact) mass is 487 g/mol. The molecule has 2 N–H and O–H groups in total. The first-order chi connectivity index (χ1) is 16.3. The van der Waals surface area contributed by atoms with Gasteiger partial charge in [0.25, 0.3) is 0 Å². The summed E-state index contributed by atoms with van der Waals surface area (Å²) in [4.78, 5) is 7.04. The molecule has 6 nitrogen and oxygen atoms in total. The number of hydrogen-bond acceptors (Lipinski definition) is 5. The van der Waals surface area contributed by atoms with E-state index in [1.165, 1.54) is 12.5 Å². The normalized spacial score (nSPS) is 15.7. The molecular formula is C24H17ClF3N3O3. The summed E-state index contributed by atoms with van der Waals surface area (Å²) >= 11 is 5.99. The van der Waals surface area contributed by atoms with Gasteiger partial charge in [0.2, 0.25) is 5.95 Å². The van der Waals surface area contributed by atoms with Crippen molar-refractivity contribution < 1.29 is 27.4 Å². The molecule has 0 bridgehead atoms. The van der Waals surface area contributed by atoms with Gasteiger partial charge in [0.05, 0.1) is 16.1 Å². The summed E-state index contributed by atoms with van der Waals surface area (Å²) in [5.74, 6) is 1.58. The standard InChI is InChI=1S/C24H17ClF3N3O3/c25-18-10-15(24(26,27)28)11-19-22(18)31-23(30-19)29-16-6-8-17(9-7-16)34-21-13-32-20(12-33-21)14-4-2-1-3-5-14/h1-2,4,6-13H,3,5H2,(H2,29,30,31). The molecule has 0 atom stereocenters. The maximum atomic E-state index is 13.0. The van der Waals surface area contributed by atoms with E-state index in [1.807, 2.05) is 12.2 Å². The maximum Gasteiger partial charge on any atom is 0.416 e. The number of ether oxygens (including phenoxy) is 3. The Labute approximate surface area is 197 Å². The summed E-state index contributed by atoms with van der Waals surface area (Å²) < 4.78 is 55.8. The number of H-pyrrole nitrogens is 1. The summed E-state index contributed by atoms with van der Waals surface area (Å²) in [5.41, 5.74) is 1.25. The quantitative estimate of drug-likeness (QED) is 0.394. The summed E-state index contributed by atoms with van der Waals surface area (Å²) in [6.45, 7) is 0. The molecule has 0 unspecified atom stereocenters. The second kappa shape index (κ2) is 8.83. The van der Waals surface area contributed by atoms with Gasteiger partial charge >= 0.3 is 12.1 Å². The van der Waals surface area contributed by atoms with Crippen LogP contribution in [0.5, 0.6) is 5.75 Å². The van der Waals surface area contributed by atoms with Crippen LogP contribution >= 0.6 is 11.6 Å². The van der Waals surface area contributed by atoms with Crippen LogP contribution in [-0.4, -0.2) is 9.97 Å². The molecule has 174 valence electrons. The van der Waals surface area contributed by atoms with Gasteiger partial charge in [-0.2, -0.15) is 13.2 Å². The van der Waals surface area contributed by atoms with E-state index >= 15 is 0 Å². The van der Waals surface area contributed by atoms with Crippen LogP contribution in [0.1, 0.15) is 18.4 Å². The number of imidazole rings is 1. The number of nitrogens with zero attached hydrogens (tertiary/aromatic N) is 1. The van der Waals surface area contributed by atoms with Crippen molar-refractivity contribution in [3.8, 4) is 5.75 Å². The van der Waals surface area contributed by atoms with Gasteiger partial charge in [0.15, 0.2) is 12.0 Å². The zero-order chi connectivity index (χ0) is 23.7. The molecule has 0 fully saturated rings. The van der Waals surface area contributed by atoms with Crippen LogP contribution in [0.2, 0.25) is 5.02 Å². The zero-order valence-electron chi connectivity index (χ0n) is 17.4. The predicted molar refractivity (Wildman–Crippen MR) is 121 cm³/mol. The lowest BCUT2D eigenvalue weighted by molar-refractivity contribution is -0.137. The summed E-state index contributed by atoms with van der Waals surface area (Å²) in [7, 11) is 0. The first-order valence-electron chi connectivity index (χ1n) is 10.3. The minimum Gasteiger partial charge on any atom is -0.454 e. The van der Waals surface area contributed by atoms with Gasteiger partial charge < -0.3 is 24.5 Å². The van der Waals surface area contributed by atoms with Crippen molar-refractivity contribution in [2.45, 2.75) is 19.0 Å².